The Bertz CT molecular complexity index is 1290. The van der Waals surface area contributed by atoms with Crippen molar-refractivity contribution >= 4 is 52.2 Å². The van der Waals surface area contributed by atoms with E-state index < -0.39 is 34.0 Å². The van der Waals surface area contributed by atoms with Crippen molar-refractivity contribution < 1.29 is 23.1 Å². The summed E-state index contributed by atoms with van der Waals surface area (Å²) in [4.78, 5) is 29.6. The maximum absolute atomic E-state index is 13.8. The predicted octanol–water partition coefficient (Wildman–Crippen LogP) is 3.62. The minimum absolute atomic E-state index is 0.139. The second-order valence-corrected chi connectivity index (χ2v) is 12.4. The lowest BCUT2D eigenvalue weighted by Gasteiger charge is -2.39. The zero-order chi connectivity index (χ0) is 27.9. The minimum Gasteiger partial charge on any atom is -0.480 e. The van der Waals surface area contributed by atoms with Crippen molar-refractivity contribution in [3.63, 3.8) is 0 Å². The summed E-state index contributed by atoms with van der Waals surface area (Å²) in [6, 6.07) is 15.7. The second-order valence-electron chi connectivity index (χ2n) is 9.35. The molecule has 1 fully saturated rings. The summed E-state index contributed by atoms with van der Waals surface area (Å²) in [6.07, 6.45) is 4.30. The van der Waals surface area contributed by atoms with Crippen LogP contribution in [0.5, 0.6) is 0 Å². The average Bonchev–Trinajstić information content (AvgIpc) is 2.88. The molecule has 0 aliphatic carbocycles. The van der Waals surface area contributed by atoms with E-state index in [1.54, 1.807) is 65.6 Å². The van der Waals surface area contributed by atoms with Crippen LogP contribution in [0, 0.1) is 0 Å². The van der Waals surface area contributed by atoms with E-state index >= 15 is 0 Å². The SMILES string of the molecule is CN1CCN(C(=O)CN([C@@](C)(Cc2ccccc2)C(=O)O)S(=O)(=O)/C(S)=C/C=C/c2ccc(Cl)cc2)CC1. The topological polar surface area (TPSA) is 98.2 Å². The van der Waals surface area contributed by atoms with Gasteiger partial charge in [-0.1, -0.05) is 66.2 Å². The predicted molar refractivity (Wildman–Crippen MR) is 153 cm³/mol. The molecule has 1 aliphatic rings. The number of likely N-dealkylation sites (N-methyl/N-ethyl adjacent to an activating group) is 1. The molecule has 0 bridgehead atoms. The summed E-state index contributed by atoms with van der Waals surface area (Å²) in [6.45, 7) is 2.85. The second kappa shape index (κ2) is 12.9. The summed E-state index contributed by atoms with van der Waals surface area (Å²) >= 11 is 10.1. The van der Waals surface area contributed by atoms with Crippen LogP contribution in [0.2, 0.25) is 5.02 Å². The molecule has 2 aromatic carbocycles. The van der Waals surface area contributed by atoms with Crippen molar-refractivity contribution in [2.24, 2.45) is 0 Å². The van der Waals surface area contributed by atoms with Gasteiger partial charge in [-0.25, -0.2) is 8.42 Å². The van der Waals surface area contributed by atoms with E-state index in [4.69, 9.17) is 11.6 Å². The number of hydrogen-bond acceptors (Lipinski definition) is 6. The molecule has 1 amide bonds. The first-order chi connectivity index (χ1) is 17.9. The van der Waals surface area contributed by atoms with Crippen LogP contribution in [-0.2, 0) is 26.0 Å². The van der Waals surface area contributed by atoms with Gasteiger partial charge in [0.05, 0.1) is 6.54 Å². The Balaban J connectivity index is 1.98. The molecule has 1 N–H and O–H groups in total. The number of rotatable bonds is 10. The lowest BCUT2D eigenvalue weighted by Crippen LogP contribution is -2.60. The van der Waals surface area contributed by atoms with Crippen LogP contribution in [0.1, 0.15) is 18.1 Å². The summed E-state index contributed by atoms with van der Waals surface area (Å²) in [5.74, 6) is -1.83. The number of hydrogen-bond donors (Lipinski definition) is 2. The fourth-order valence-corrected chi connectivity index (χ4v) is 6.02. The van der Waals surface area contributed by atoms with Crippen molar-refractivity contribution in [2.75, 3.05) is 39.8 Å². The molecule has 1 saturated heterocycles. The maximum Gasteiger partial charge on any atom is 0.325 e. The van der Waals surface area contributed by atoms with Crippen LogP contribution in [-0.4, -0.2) is 84.8 Å². The van der Waals surface area contributed by atoms with E-state index in [0.29, 0.717) is 36.8 Å². The number of amides is 1. The molecule has 2 aromatic rings. The number of sulfonamides is 1. The zero-order valence-corrected chi connectivity index (χ0v) is 23.8. The van der Waals surface area contributed by atoms with Gasteiger partial charge in [0.25, 0.3) is 0 Å². The highest BCUT2D eigenvalue weighted by Gasteiger charge is 2.48. The first-order valence-electron chi connectivity index (χ1n) is 12.0. The molecule has 0 unspecified atom stereocenters. The normalized spacial score (nSPS) is 17.1. The number of carboxylic acids is 1. The smallest absolute Gasteiger partial charge is 0.325 e. The van der Waals surface area contributed by atoms with Crippen molar-refractivity contribution in [1.82, 2.24) is 14.1 Å². The molecule has 1 aliphatic heterocycles. The Labute approximate surface area is 234 Å². The van der Waals surface area contributed by atoms with E-state index in [9.17, 15) is 23.1 Å². The molecular weight excluding hydrogens is 546 g/mol. The summed E-state index contributed by atoms with van der Waals surface area (Å²) < 4.78 is 28.0. The monoisotopic (exact) mass is 577 g/mol. The number of nitrogens with zero attached hydrogens (tertiary/aromatic N) is 3. The summed E-state index contributed by atoms with van der Waals surface area (Å²) in [5, 5.41) is 10.9. The first-order valence-corrected chi connectivity index (χ1v) is 14.3. The Morgan fingerprint density at radius 2 is 1.68 bits per heavy atom. The van der Waals surface area contributed by atoms with Crippen LogP contribution in [0.25, 0.3) is 6.08 Å². The maximum atomic E-state index is 13.8. The largest absolute Gasteiger partial charge is 0.480 e. The summed E-state index contributed by atoms with van der Waals surface area (Å²) in [5.41, 5.74) is -0.549. The van der Waals surface area contributed by atoms with E-state index in [2.05, 4.69) is 17.5 Å². The molecule has 0 aromatic heterocycles. The molecule has 0 saturated carbocycles. The van der Waals surface area contributed by atoms with E-state index in [1.807, 2.05) is 7.05 Å². The van der Waals surface area contributed by atoms with E-state index in [-0.39, 0.29) is 10.7 Å². The zero-order valence-electron chi connectivity index (χ0n) is 21.3. The first kappa shape index (κ1) is 29.9. The molecule has 11 heteroatoms. The quantitative estimate of drug-likeness (QED) is 0.331. The van der Waals surface area contributed by atoms with Gasteiger partial charge in [0.15, 0.2) is 0 Å². The summed E-state index contributed by atoms with van der Waals surface area (Å²) in [7, 11) is -2.54. The number of carbonyl (C=O) groups excluding carboxylic acids is 1. The van der Waals surface area contributed by atoms with Gasteiger partial charge in [-0.05, 0) is 43.3 Å². The molecule has 1 heterocycles. The molecule has 3 rings (SSSR count). The Kier molecular flexibility index (Phi) is 10.2. The number of aliphatic carboxylic acids is 1. The lowest BCUT2D eigenvalue weighted by atomic mass is 9.92. The third-order valence-corrected chi connectivity index (χ3v) is 9.36. The van der Waals surface area contributed by atoms with Gasteiger partial charge in [0.2, 0.25) is 15.9 Å². The van der Waals surface area contributed by atoms with Gasteiger partial charge < -0.3 is 14.9 Å². The van der Waals surface area contributed by atoms with Crippen LogP contribution >= 0.6 is 24.2 Å². The highest BCUT2D eigenvalue weighted by atomic mass is 35.5. The number of thiol groups is 1. The van der Waals surface area contributed by atoms with Crippen molar-refractivity contribution in [1.29, 1.82) is 0 Å². The minimum atomic E-state index is -4.48. The third-order valence-electron chi connectivity index (χ3n) is 6.49. The Morgan fingerprint density at radius 3 is 2.26 bits per heavy atom. The van der Waals surface area contributed by atoms with Crippen molar-refractivity contribution in [3.8, 4) is 0 Å². The standard InChI is InChI=1S/C27H32ClN3O5S2/c1-27(26(33)34,19-22-7-4-3-5-8-22)31(20-24(32)30-17-15-29(2)16-18-30)38(35,36)25(37)10-6-9-21-11-13-23(28)14-12-21/h3-14,37H,15-20H2,1-2H3,(H,33,34)/b9-6+,25-10+/t27-/m0/s1. The molecule has 8 nitrogen and oxygen atoms in total. The average molecular weight is 578 g/mol. The number of allylic oxidation sites excluding steroid dienone is 2. The third kappa shape index (κ3) is 7.48. The van der Waals surface area contributed by atoms with Gasteiger partial charge in [0.1, 0.15) is 9.78 Å². The molecule has 1 atom stereocenters. The highest BCUT2D eigenvalue weighted by Crippen LogP contribution is 2.30. The van der Waals surface area contributed by atoms with Crippen molar-refractivity contribution in [2.45, 2.75) is 18.9 Å². The fraction of sp³-hybridized carbons (Fsp3) is 0.333. The number of carboxylic acid groups (broad SMARTS) is 1. The Morgan fingerprint density at radius 1 is 1.08 bits per heavy atom. The van der Waals surface area contributed by atoms with E-state index in [1.165, 1.54) is 19.1 Å². The van der Waals surface area contributed by atoms with Gasteiger partial charge in [-0.3, -0.25) is 9.59 Å². The van der Waals surface area contributed by atoms with Gasteiger partial charge in [0, 0.05) is 37.6 Å². The van der Waals surface area contributed by atoms with Gasteiger partial charge >= 0.3 is 5.97 Å². The van der Waals surface area contributed by atoms with E-state index in [0.717, 1.165) is 9.87 Å². The van der Waals surface area contributed by atoms with Crippen LogP contribution in [0.4, 0.5) is 0 Å². The number of piperazine rings is 1. The van der Waals surface area contributed by atoms with Crippen LogP contribution < -0.4 is 0 Å². The van der Waals surface area contributed by atoms with Gasteiger partial charge in [-0.2, -0.15) is 4.31 Å². The van der Waals surface area contributed by atoms with Crippen molar-refractivity contribution in [3.05, 3.63) is 87.1 Å². The number of halogens is 1. The number of carbonyl (C=O) groups is 2. The number of benzene rings is 2. The highest BCUT2D eigenvalue weighted by molar-refractivity contribution is 8.09. The molecule has 204 valence electrons. The molecule has 0 radical (unpaired) electrons. The fourth-order valence-electron chi connectivity index (χ4n) is 4.08. The van der Waals surface area contributed by atoms with Crippen LogP contribution in [0.15, 0.2) is 71.0 Å². The van der Waals surface area contributed by atoms with Crippen LogP contribution in [0.3, 0.4) is 0 Å². The van der Waals surface area contributed by atoms with Gasteiger partial charge in [-0.15, -0.1) is 12.6 Å². The molecule has 0 spiro atoms. The lowest BCUT2D eigenvalue weighted by molar-refractivity contribution is -0.148. The Hall–Kier alpha value is -2.63. The molecule has 38 heavy (non-hydrogen) atoms. The molecular formula is C27H32ClN3O5S2.